The van der Waals surface area contributed by atoms with Gasteiger partial charge in [-0.15, -0.1) is 0 Å². The molecule has 1 heterocycles. The molecule has 0 bridgehead atoms. The topological polar surface area (TPSA) is 53.4 Å². The van der Waals surface area contributed by atoms with E-state index < -0.39 is 5.97 Å². The van der Waals surface area contributed by atoms with Gasteiger partial charge in [0.05, 0.1) is 22.5 Å². The lowest BCUT2D eigenvalue weighted by atomic mass is 10.0. The molecule has 0 aliphatic carbocycles. The molecule has 0 aliphatic heterocycles. The summed E-state index contributed by atoms with van der Waals surface area (Å²) >= 11 is 0. The highest BCUT2D eigenvalue weighted by molar-refractivity contribution is 5.96. The minimum absolute atomic E-state index is 0.172. The molecule has 0 atom stereocenters. The molecule has 0 radical (unpaired) electrons. The van der Waals surface area contributed by atoms with Crippen LogP contribution in [0.15, 0.2) is 48.5 Å². The van der Waals surface area contributed by atoms with Crippen LogP contribution < -0.4 is 4.90 Å². The first-order valence-corrected chi connectivity index (χ1v) is 8.35. The van der Waals surface area contributed by atoms with Gasteiger partial charge in [-0.2, -0.15) is 0 Å². The number of fused-ring (bicyclic) bond motifs is 1. The molecular weight excluding hydrogens is 331 g/mol. The third-order valence-corrected chi connectivity index (χ3v) is 4.53. The number of carbonyl (C=O) groups is 1. The molecule has 0 amide bonds. The lowest BCUT2D eigenvalue weighted by molar-refractivity contribution is 0.0697. The number of benzene rings is 2. The number of nitrogens with zero attached hydrogens (tertiary/aromatic N) is 2. The Kier molecular flexibility index (Phi) is 4.40. The maximum atomic E-state index is 13.3. The van der Waals surface area contributed by atoms with Crippen molar-refractivity contribution in [1.82, 2.24) is 4.98 Å². The predicted molar refractivity (Wildman–Crippen MR) is 102 cm³/mol. The van der Waals surface area contributed by atoms with Gasteiger partial charge in [-0.05, 0) is 69.3 Å². The van der Waals surface area contributed by atoms with E-state index in [-0.39, 0.29) is 16.9 Å². The Balaban J connectivity index is 2.28. The van der Waals surface area contributed by atoms with E-state index in [4.69, 9.17) is 4.98 Å². The number of hydrogen-bond donors (Lipinski definition) is 1. The van der Waals surface area contributed by atoms with Crippen LogP contribution in [0.1, 0.15) is 31.1 Å². The fourth-order valence-corrected chi connectivity index (χ4v) is 2.74. The van der Waals surface area contributed by atoms with Crippen LogP contribution in [0.5, 0.6) is 0 Å². The first-order valence-electron chi connectivity index (χ1n) is 8.35. The van der Waals surface area contributed by atoms with Crippen LogP contribution in [-0.2, 0) is 0 Å². The van der Waals surface area contributed by atoms with E-state index in [0.29, 0.717) is 5.52 Å². The van der Waals surface area contributed by atoms with Gasteiger partial charge < -0.3 is 10.0 Å². The molecule has 0 aliphatic rings. The number of anilines is 1. The number of aromatic carboxylic acids is 1. The van der Waals surface area contributed by atoms with E-state index in [1.165, 1.54) is 12.1 Å². The zero-order chi connectivity index (χ0) is 19.1. The first kappa shape index (κ1) is 17.9. The van der Waals surface area contributed by atoms with E-state index in [2.05, 4.69) is 25.7 Å². The highest BCUT2D eigenvalue weighted by atomic mass is 19.1. The van der Waals surface area contributed by atoms with Crippen LogP contribution in [0, 0.1) is 5.82 Å². The summed E-state index contributed by atoms with van der Waals surface area (Å²) in [6, 6.07) is 13.0. The Morgan fingerprint density at radius 3 is 2.31 bits per heavy atom. The zero-order valence-electron chi connectivity index (χ0n) is 15.2. The van der Waals surface area contributed by atoms with Crippen molar-refractivity contribution in [1.29, 1.82) is 0 Å². The van der Waals surface area contributed by atoms with Gasteiger partial charge in [-0.25, -0.2) is 14.2 Å². The number of hydrogen-bond acceptors (Lipinski definition) is 3. The molecule has 2 aromatic carbocycles. The number of halogens is 1. The van der Waals surface area contributed by atoms with Crippen LogP contribution in [0.25, 0.3) is 22.2 Å². The van der Waals surface area contributed by atoms with Crippen molar-refractivity contribution < 1.29 is 14.3 Å². The molecule has 1 aromatic heterocycles. The molecule has 0 unspecified atom stereocenters. The summed E-state index contributed by atoms with van der Waals surface area (Å²) in [6.45, 7) is 6.25. The summed E-state index contributed by atoms with van der Waals surface area (Å²) in [4.78, 5) is 18.1. The van der Waals surface area contributed by atoms with Gasteiger partial charge in [-0.3, -0.25) is 0 Å². The van der Waals surface area contributed by atoms with Gasteiger partial charge in [0.2, 0.25) is 0 Å². The minimum Gasteiger partial charge on any atom is -0.478 e. The Labute approximate surface area is 151 Å². The van der Waals surface area contributed by atoms with Crippen molar-refractivity contribution in [2.75, 3.05) is 11.9 Å². The van der Waals surface area contributed by atoms with Gasteiger partial charge >= 0.3 is 5.97 Å². The minimum atomic E-state index is -0.972. The molecule has 134 valence electrons. The van der Waals surface area contributed by atoms with E-state index in [0.717, 1.165) is 22.3 Å². The average Bonchev–Trinajstić information content (AvgIpc) is 2.59. The van der Waals surface area contributed by atoms with E-state index in [1.807, 2.05) is 13.1 Å². The van der Waals surface area contributed by atoms with Gasteiger partial charge in [0.1, 0.15) is 5.82 Å². The SMILES string of the molecule is CN(c1cc2cc(C(=O)O)ccc2nc1-c1ccc(F)cc1)C(C)(C)C. The van der Waals surface area contributed by atoms with Gasteiger partial charge in [0.15, 0.2) is 0 Å². The molecule has 0 saturated heterocycles. The Morgan fingerprint density at radius 1 is 1.08 bits per heavy atom. The first-order chi connectivity index (χ1) is 12.2. The van der Waals surface area contributed by atoms with Crippen LogP contribution in [-0.4, -0.2) is 28.6 Å². The Bertz CT molecular complexity index is 976. The summed E-state index contributed by atoms with van der Waals surface area (Å²) in [5.74, 6) is -1.27. The summed E-state index contributed by atoms with van der Waals surface area (Å²) in [6.07, 6.45) is 0. The molecule has 1 N–H and O–H groups in total. The van der Waals surface area contributed by atoms with Crippen LogP contribution in [0.3, 0.4) is 0 Å². The van der Waals surface area contributed by atoms with E-state index >= 15 is 0 Å². The second-order valence-corrected chi connectivity index (χ2v) is 7.31. The summed E-state index contributed by atoms with van der Waals surface area (Å²) in [5, 5.41) is 10.00. The predicted octanol–water partition coefficient (Wildman–Crippen LogP) is 4.97. The lowest BCUT2D eigenvalue weighted by Gasteiger charge is -2.35. The van der Waals surface area contributed by atoms with Crippen molar-refractivity contribution in [2.45, 2.75) is 26.3 Å². The highest BCUT2D eigenvalue weighted by Crippen LogP contribution is 2.35. The van der Waals surface area contributed by atoms with Crippen molar-refractivity contribution in [3.63, 3.8) is 0 Å². The number of carboxylic acids is 1. The second kappa shape index (κ2) is 6.41. The van der Waals surface area contributed by atoms with Gasteiger partial charge in [0.25, 0.3) is 0 Å². The molecular formula is C21H21FN2O2. The van der Waals surface area contributed by atoms with Crippen LogP contribution in [0.2, 0.25) is 0 Å². The van der Waals surface area contributed by atoms with Crippen LogP contribution in [0.4, 0.5) is 10.1 Å². The van der Waals surface area contributed by atoms with Crippen molar-refractivity contribution in [2.24, 2.45) is 0 Å². The van der Waals surface area contributed by atoms with E-state index in [9.17, 15) is 14.3 Å². The molecule has 0 fully saturated rings. The molecule has 26 heavy (non-hydrogen) atoms. The molecule has 0 spiro atoms. The quantitative estimate of drug-likeness (QED) is 0.723. The number of aromatic nitrogens is 1. The molecule has 0 saturated carbocycles. The van der Waals surface area contributed by atoms with Crippen molar-refractivity contribution >= 4 is 22.6 Å². The Hall–Kier alpha value is -2.95. The molecule has 4 nitrogen and oxygen atoms in total. The third-order valence-electron chi connectivity index (χ3n) is 4.53. The van der Waals surface area contributed by atoms with Crippen LogP contribution >= 0.6 is 0 Å². The third kappa shape index (κ3) is 3.38. The lowest BCUT2D eigenvalue weighted by Crippen LogP contribution is -2.38. The maximum absolute atomic E-state index is 13.3. The van der Waals surface area contributed by atoms with E-state index in [1.54, 1.807) is 30.3 Å². The molecule has 3 rings (SSSR count). The standard InChI is InChI=1S/C21H21FN2O2/c1-21(2,3)24(4)18-12-15-11-14(20(25)26)7-10-17(15)23-19(18)13-5-8-16(22)9-6-13/h5-12H,1-4H3,(H,25,26). The maximum Gasteiger partial charge on any atom is 0.335 e. The summed E-state index contributed by atoms with van der Waals surface area (Å²) < 4.78 is 13.3. The molecule has 5 heteroatoms. The average molecular weight is 352 g/mol. The highest BCUT2D eigenvalue weighted by Gasteiger charge is 2.22. The number of pyridine rings is 1. The fourth-order valence-electron chi connectivity index (χ4n) is 2.74. The smallest absolute Gasteiger partial charge is 0.335 e. The molecule has 3 aromatic rings. The van der Waals surface area contributed by atoms with Crippen molar-refractivity contribution in [3.8, 4) is 11.3 Å². The summed E-state index contributed by atoms with van der Waals surface area (Å²) in [7, 11) is 1.97. The number of rotatable bonds is 3. The number of carboxylic acid groups (broad SMARTS) is 1. The normalized spacial score (nSPS) is 11.6. The Morgan fingerprint density at radius 2 is 1.73 bits per heavy atom. The van der Waals surface area contributed by atoms with Crippen molar-refractivity contribution in [3.05, 3.63) is 59.9 Å². The monoisotopic (exact) mass is 352 g/mol. The van der Waals surface area contributed by atoms with Gasteiger partial charge in [-0.1, -0.05) is 0 Å². The van der Waals surface area contributed by atoms with Gasteiger partial charge in [0, 0.05) is 23.5 Å². The zero-order valence-corrected chi connectivity index (χ0v) is 15.2. The fraction of sp³-hybridized carbons (Fsp3) is 0.238. The largest absolute Gasteiger partial charge is 0.478 e. The summed E-state index contributed by atoms with van der Waals surface area (Å²) in [5.41, 5.74) is 3.14. The second-order valence-electron chi connectivity index (χ2n) is 7.31.